The monoisotopic (exact) mass is 241 g/mol. The first-order valence-electron chi connectivity index (χ1n) is 5.58. The minimum absolute atomic E-state index is 0.211. The quantitative estimate of drug-likeness (QED) is 0.878. The molecular formula is C11H19N3OS. The first-order valence-corrected chi connectivity index (χ1v) is 6.40. The van der Waals surface area contributed by atoms with Gasteiger partial charge in [0.15, 0.2) is 5.13 Å². The predicted molar refractivity (Wildman–Crippen MR) is 67.3 cm³/mol. The van der Waals surface area contributed by atoms with Gasteiger partial charge in [0, 0.05) is 14.1 Å². The standard InChI is InChI=1S/C11H19N3OS/c1-14(2)10-13-9(15-3)8(16-10)11(12)6-4-5-7-11/h4-7,12H2,1-3H3. The summed E-state index contributed by atoms with van der Waals surface area (Å²) in [7, 11) is 5.64. The molecule has 16 heavy (non-hydrogen) atoms. The number of hydrogen-bond donors (Lipinski definition) is 1. The summed E-state index contributed by atoms with van der Waals surface area (Å²) in [6.07, 6.45) is 4.49. The van der Waals surface area contributed by atoms with Crippen molar-refractivity contribution in [1.29, 1.82) is 0 Å². The number of nitrogens with two attached hydrogens (primary N) is 1. The largest absolute Gasteiger partial charge is 0.480 e. The molecule has 5 heteroatoms. The van der Waals surface area contributed by atoms with Crippen molar-refractivity contribution in [3.8, 4) is 5.88 Å². The fourth-order valence-corrected chi connectivity index (χ4v) is 3.29. The molecule has 1 aromatic heterocycles. The van der Waals surface area contributed by atoms with E-state index in [0.29, 0.717) is 5.88 Å². The summed E-state index contributed by atoms with van der Waals surface area (Å²) in [6.45, 7) is 0. The van der Waals surface area contributed by atoms with Crippen LogP contribution in [0.2, 0.25) is 0 Å². The van der Waals surface area contributed by atoms with Crippen molar-refractivity contribution in [2.24, 2.45) is 5.73 Å². The summed E-state index contributed by atoms with van der Waals surface area (Å²) < 4.78 is 5.35. The van der Waals surface area contributed by atoms with Crippen LogP contribution in [0.3, 0.4) is 0 Å². The smallest absolute Gasteiger partial charge is 0.231 e. The molecule has 0 aliphatic heterocycles. The van der Waals surface area contributed by atoms with Gasteiger partial charge in [0.25, 0.3) is 0 Å². The van der Waals surface area contributed by atoms with E-state index in [1.807, 2.05) is 19.0 Å². The second-order valence-corrected chi connectivity index (χ2v) is 5.57. The number of aromatic nitrogens is 1. The fourth-order valence-electron chi connectivity index (χ4n) is 2.17. The number of ether oxygens (including phenoxy) is 1. The Kier molecular flexibility index (Phi) is 3.08. The first-order chi connectivity index (χ1) is 7.57. The van der Waals surface area contributed by atoms with Gasteiger partial charge in [0.05, 0.1) is 17.5 Å². The Morgan fingerprint density at radius 1 is 1.38 bits per heavy atom. The third kappa shape index (κ3) is 1.89. The van der Waals surface area contributed by atoms with E-state index >= 15 is 0 Å². The van der Waals surface area contributed by atoms with Crippen molar-refractivity contribution in [1.82, 2.24) is 4.98 Å². The van der Waals surface area contributed by atoms with E-state index in [-0.39, 0.29) is 5.54 Å². The van der Waals surface area contributed by atoms with Gasteiger partial charge >= 0.3 is 0 Å². The minimum Gasteiger partial charge on any atom is -0.480 e. The molecule has 0 unspecified atom stereocenters. The molecule has 1 aromatic rings. The van der Waals surface area contributed by atoms with Crippen molar-refractivity contribution < 1.29 is 4.74 Å². The van der Waals surface area contributed by atoms with Crippen LogP contribution < -0.4 is 15.4 Å². The highest BCUT2D eigenvalue weighted by molar-refractivity contribution is 7.16. The van der Waals surface area contributed by atoms with Crippen molar-refractivity contribution in [2.75, 3.05) is 26.1 Å². The molecule has 0 saturated heterocycles. The molecule has 0 bridgehead atoms. The third-order valence-corrected chi connectivity index (χ3v) is 4.53. The van der Waals surface area contributed by atoms with E-state index in [1.165, 1.54) is 12.8 Å². The van der Waals surface area contributed by atoms with Crippen LogP contribution in [0.5, 0.6) is 5.88 Å². The molecule has 90 valence electrons. The maximum atomic E-state index is 6.44. The zero-order chi connectivity index (χ0) is 11.8. The third-order valence-electron chi connectivity index (χ3n) is 3.11. The highest BCUT2D eigenvalue weighted by Crippen LogP contribution is 2.45. The number of nitrogens with zero attached hydrogens (tertiary/aromatic N) is 2. The SMILES string of the molecule is COc1nc(N(C)C)sc1C1(N)CCCC1. The number of methoxy groups -OCH3 is 1. The van der Waals surface area contributed by atoms with Gasteiger partial charge in [0.2, 0.25) is 5.88 Å². The molecule has 1 fully saturated rings. The second kappa shape index (κ2) is 4.22. The summed E-state index contributed by atoms with van der Waals surface area (Å²) in [5, 5.41) is 0.962. The zero-order valence-corrected chi connectivity index (χ0v) is 10.9. The molecule has 1 aliphatic carbocycles. The molecule has 0 amide bonds. The van der Waals surface area contributed by atoms with Gasteiger partial charge < -0.3 is 15.4 Å². The molecule has 2 N–H and O–H groups in total. The van der Waals surface area contributed by atoms with E-state index in [1.54, 1.807) is 18.4 Å². The molecule has 0 atom stereocenters. The van der Waals surface area contributed by atoms with Crippen molar-refractivity contribution in [3.63, 3.8) is 0 Å². The highest BCUT2D eigenvalue weighted by atomic mass is 32.1. The van der Waals surface area contributed by atoms with Crippen molar-refractivity contribution >= 4 is 16.5 Å². The maximum Gasteiger partial charge on any atom is 0.231 e. The van der Waals surface area contributed by atoms with E-state index < -0.39 is 0 Å². The van der Waals surface area contributed by atoms with Gasteiger partial charge in [-0.2, -0.15) is 4.98 Å². The van der Waals surface area contributed by atoms with E-state index in [9.17, 15) is 0 Å². The summed E-state index contributed by atoms with van der Waals surface area (Å²) >= 11 is 1.65. The van der Waals surface area contributed by atoms with Crippen LogP contribution in [0, 0.1) is 0 Å². The van der Waals surface area contributed by atoms with Crippen LogP contribution >= 0.6 is 11.3 Å². The molecule has 1 heterocycles. The van der Waals surface area contributed by atoms with Crippen LogP contribution in [0.4, 0.5) is 5.13 Å². The van der Waals surface area contributed by atoms with Crippen LogP contribution in [0.15, 0.2) is 0 Å². The Hall–Kier alpha value is -0.810. The predicted octanol–water partition coefficient (Wildman–Crippen LogP) is 1.95. The minimum atomic E-state index is -0.211. The van der Waals surface area contributed by atoms with Crippen LogP contribution in [0.25, 0.3) is 0 Å². The topological polar surface area (TPSA) is 51.4 Å². The number of thiazole rings is 1. The van der Waals surface area contributed by atoms with E-state index in [4.69, 9.17) is 10.5 Å². The fraction of sp³-hybridized carbons (Fsp3) is 0.727. The lowest BCUT2D eigenvalue weighted by molar-refractivity contribution is 0.373. The van der Waals surface area contributed by atoms with E-state index in [0.717, 1.165) is 22.9 Å². The molecule has 1 saturated carbocycles. The summed E-state index contributed by atoms with van der Waals surface area (Å²) in [4.78, 5) is 7.56. The van der Waals surface area contributed by atoms with Crippen molar-refractivity contribution in [3.05, 3.63) is 4.88 Å². The van der Waals surface area contributed by atoms with Crippen LogP contribution in [-0.2, 0) is 5.54 Å². The van der Waals surface area contributed by atoms with Gasteiger partial charge in [-0.05, 0) is 12.8 Å². The second-order valence-electron chi connectivity index (χ2n) is 4.59. The Bertz CT molecular complexity index is 369. The Labute approximate surface area is 100 Å². The van der Waals surface area contributed by atoms with Crippen molar-refractivity contribution in [2.45, 2.75) is 31.2 Å². The lowest BCUT2D eigenvalue weighted by atomic mass is 9.97. The van der Waals surface area contributed by atoms with Gasteiger partial charge in [-0.15, -0.1) is 0 Å². The number of anilines is 1. The lowest BCUT2D eigenvalue weighted by Crippen LogP contribution is -2.32. The van der Waals surface area contributed by atoms with Gasteiger partial charge in [-0.1, -0.05) is 24.2 Å². The first kappa shape index (κ1) is 11.7. The summed E-state index contributed by atoms with van der Waals surface area (Å²) in [5.74, 6) is 0.707. The molecule has 2 rings (SSSR count). The Morgan fingerprint density at radius 3 is 2.50 bits per heavy atom. The molecule has 0 aromatic carbocycles. The lowest BCUT2D eigenvalue weighted by Gasteiger charge is -2.22. The van der Waals surface area contributed by atoms with E-state index in [2.05, 4.69) is 4.98 Å². The molecule has 1 aliphatic rings. The number of rotatable bonds is 3. The van der Waals surface area contributed by atoms with Gasteiger partial charge in [0.1, 0.15) is 0 Å². The Balaban J connectivity index is 2.38. The maximum absolute atomic E-state index is 6.44. The molecule has 0 radical (unpaired) electrons. The summed E-state index contributed by atoms with van der Waals surface area (Å²) in [5.41, 5.74) is 6.23. The van der Waals surface area contributed by atoms with Gasteiger partial charge in [-0.25, -0.2) is 0 Å². The van der Waals surface area contributed by atoms with Crippen LogP contribution in [0.1, 0.15) is 30.6 Å². The summed E-state index contributed by atoms with van der Waals surface area (Å²) in [6, 6.07) is 0. The molecular weight excluding hydrogens is 222 g/mol. The number of hydrogen-bond acceptors (Lipinski definition) is 5. The Morgan fingerprint density at radius 2 is 2.00 bits per heavy atom. The van der Waals surface area contributed by atoms with Gasteiger partial charge in [-0.3, -0.25) is 0 Å². The van der Waals surface area contributed by atoms with Crippen LogP contribution in [-0.4, -0.2) is 26.2 Å². The highest BCUT2D eigenvalue weighted by Gasteiger charge is 2.36. The zero-order valence-electron chi connectivity index (χ0n) is 10.1. The average molecular weight is 241 g/mol. The normalized spacial score (nSPS) is 18.8. The molecule has 4 nitrogen and oxygen atoms in total. The average Bonchev–Trinajstić information content (AvgIpc) is 2.83. The molecule has 0 spiro atoms.